The molecule has 3 nitrogen and oxygen atoms in total. The summed E-state index contributed by atoms with van der Waals surface area (Å²) in [6.45, 7) is 8.44. The first-order chi connectivity index (χ1) is 16.8. The standard InChI is InChI=1S/C32H33NO2/c1-20(2)23-12-14-25(15-13-23)27-19-31(35)33(28-16-21(3)10-11-22(28)4)29-17-26(18-30(34)32(27)29)24-8-6-5-7-9-24/h5-16,20,26-27H,17-19H2,1-4H3. The number of aryl methyl sites for hydroxylation is 2. The Morgan fingerprint density at radius 1 is 0.800 bits per heavy atom. The van der Waals surface area contributed by atoms with Crippen LogP contribution < -0.4 is 4.90 Å². The molecule has 1 heterocycles. The van der Waals surface area contributed by atoms with Crippen LogP contribution in [0.4, 0.5) is 5.69 Å². The molecular formula is C32H33NO2. The molecule has 3 aromatic rings. The molecule has 2 aliphatic rings. The number of rotatable bonds is 4. The van der Waals surface area contributed by atoms with E-state index in [1.54, 1.807) is 0 Å². The van der Waals surface area contributed by atoms with E-state index in [0.29, 0.717) is 25.2 Å². The normalized spacial score (nSPS) is 20.4. The van der Waals surface area contributed by atoms with Crippen LogP contribution in [-0.4, -0.2) is 11.7 Å². The van der Waals surface area contributed by atoms with Gasteiger partial charge in [0.05, 0.1) is 5.69 Å². The van der Waals surface area contributed by atoms with Gasteiger partial charge in [0.25, 0.3) is 0 Å². The number of Topliss-reactive ketones (excluding diaryl/α,β-unsaturated/α-hetero) is 1. The molecule has 2 unspecified atom stereocenters. The fraction of sp³-hybridized carbons (Fsp3) is 0.312. The van der Waals surface area contributed by atoms with Crippen LogP contribution in [0.2, 0.25) is 0 Å². The lowest BCUT2D eigenvalue weighted by atomic mass is 9.72. The number of nitrogens with zero attached hydrogens (tertiary/aromatic N) is 1. The molecule has 5 rings (SSSR count). The summed E-state index contributed by atoms with van der Waals surface area (Å²) >= 11 is 0. The van der Waals surface area contributed by atoms with E-state index >= 15 is 0 Å². The Hall–Kier alpha value is -3.46. The first kappa shape index (κ1) is 23.3. The molecule has 1 amide bonds. The van der Waals surface area contributed by atoms with Gasteiger partial charge in [-0.25, -0.2) is 0 Å². The summed E-state index contributed by atoms with van der Waals surface area (Å²) in [5.41, 5.74) is 8.25. The van der Waals surface area contributed by atoms with E-state index in [9.17, 15) is 9.59 Å². The molecule has 35 heavy (non-hydrogen) atoms. The lowest BCUT2D eigenvalue weighted by Gasteiger charge is -2.41. The van der Waals surface area contributed by atoms with Crippen LogP contribution in [0.5, 0.6) is 0 Å². The molecular weight excluding hydrogens is 430 g/mol. The molecule has 0 saturated heterocycles. The number of carbonyl (C=O) groups excluding carboxylic acids is 2. The van der Waals surface area contributed by atoms with Gasteiger partial charge in [0.15, 0.2) is 5.78 Å². The minimum Gasteiger partial charge on any atom is -0.294 e. The van der Waals surface area contributed by atoms with Crippen molar-refractivity contribution >= 4 is 17.4 Å². The summed E-state index contributed by atoms with van der Waals surface area (Å²) in [6, 6.07) is 25.0. The van der Waals surface area contributed by atoms with Crippen LogP contribution in [0.1, 0.15) is 78.7 Å². The van der Waals surface area contributed by atoms with Gasteiger partial charge >= 0.3 is 0 Å². The van der Waals surface area contributed by atoms with Crippen molar-refractivity contribution in [3.63, 3.8) is 0 Å². The van der Waals surface area contributed by atoms with E-state index in [0.717, 1.165) is 39.2 Å². The van der Waals surface area contributed by atoms with Gasteiger partial charge in [0.1, 0.15) is 0 Å². The summed E-state index contributed by atoms with van der Waals surface area (Å²) in [5.74, 6) is 0.557. The Kier molecular flexibility index (Phi) is 6.19. The Labute approximate surface area is 208 Å². The Balaban J connectivity index is 1.65. The smallest absolute Gasteiger partial charge is 0.232 e. The van der Waals surface area contributed by atoms with Crippen molar-refractivity contribution in [2.45, 2.75) is 64.7 Å². The van der Waals surface area contributed by atoms with E-state index in [-0.39, 0.29) is 23.5 Å². The SMILES string of the molecule is Cc1ccc(C)c(N2C(=O)CC(c3ccc(C(C)C)cc3)C3=C2CC(c2ccccc2)CC3=O)c1. The minimum atomic E-state index is -0.190. The van der Waals surface area contributed by atoms with Gasteiger partial charge in [0, 0.05) is 30.0 Å². The third-order valence-electron chi connectivity index (χ3n) is 7.61. The summed E-state index contributed by atoms with van der Waals surface area (Å²) in [7, 11) is 0. The van der Waals surface area contributed by atoms with Crippen LogP contribution in [-0.2, 0) is 9.59 Å². The zero-order chi connectivity index (χ0) is 24.7. The molecule has 2 atom stereocenters. The Morgan fingerprint density at radius 3 is 2.20 bits per heavy atom. The predicted molar refractivity (Wildman–Crippen MR) is 142 cm³/mol. The van der Waals surface area contributed by atoms with Gasteiger partial charge in [-0.1, -0.05) is 80.6 Å². The highest BCUT2D eigenvalue weighted by Gasteiger charge is 2.42. The van der Waals surface area contributed by atoms with Crippen LogP contribution in [0.15, 0.2) is 84.1 Å². The topological polar surface area (TPSA) is 37.4 Å². The number of hydrogen-bond acceptors (Lipinski definition) is 2. The first-order valence-electron chi connectivity index (χ1n) is 12.6. The zero-order valence-corrected chi connectivity index (χ0v) is 21.0. The van der Waals surface area contributed by atoms with E-state index in [4.69, 9.17) is 0 Å². The summed E-state index contributed by atoms with van der Waals surface area (Å²) < 4.78 is 0. The average Bonchev–Trinajstić information content (AvgIpc) is 2.85. The number of amides is 1. The van der Waals surface area contributed by atoms with E-state index in [2.05, 4.69) is 68.4 Å². The number of ketones is 1. The van der Waals surface area contributed by atoms with Gasteiger partial charge < -0.3 is 0 Å². The van der Waals surface area contributed by atoms with Gasteiger partial charge in [-0.3, -0.25) is 14.5 Å². The minimum absolute atomic E-state index is 0.0666. The zero-order valence-electron chi connectivity index (χ0n) is 21.0. The van der Waals surface area contributed by atoms with Crippen molar-refractivity contribution in [3.05, 3.63) is 112 Å². The summed E-state index contributed by atoms with van der Waals surface area (Å²) in [4.78, 5) is 29.5. The second-order valence-corrected chi connectivity index (χ2v) is 10.4. The van der Waals surface area contributed by atoms with Crippen LogP contribution >= 0.6 is 0 Å². The van der Waals surface area contributed by atoms with Crippen molar-refractivity contribution in [2.75, 3.05) is 4.90 Å². The van der Waals surface area contributed by atoms with Crippen LogP contribution in [0, 0.1) is 13.8 Å². The molecule has 1 aliphatic carbocycles. The largest absolute Gasteiger partial charge is 0.294 e. The maximum Gasteiger partial charge on any atom is 0.232 e. The molecule has 0 aromatic heterocycles. The lowest BCUT2D eigenvalue weighted by molar-refractivity contribution is -0.120. The number of carbonyl (C=O) groups is 2. The van der Waals surface area contributed by atoms with E-state index < -0.39 is 0 Å². The first-order valence-corrected chi connectivity index (χ1v) is 12.6. The Bertz CT molecular complexity index is 1300. The number of anilines is 1. The van der Waals surface area contributed by atoms with Crippen molar-refractivity contribution in [1.29, 1.82) is 0 Å². The fourth-order valence-corrected chi connectivity index (χ4v) is 5.63. The molecule has 3 heteroatoms. The maximum atomic E-state index is 13.8. The molecule has 0 fully saturated rings. The van der Waals surface area contributed by atoms with Gasteiger partial charge in [-0.05, 0) is 66.0 Å². The van der Waals surface area contributed by atoms with Crippen molar-refractivity contribution in [2.24, 2.45) is 0 Å². The highest BCUT2D eigenvalue weighted by atomic mass is 16.2. The summed E-state index contributed by atoms with van der Waals surface area (Å²) in [5, 5.41) is 0. The Morgan fingerprint density at radius 2 is 1.51 bits per heavy atom. The quantitative estimate of drug-likeness (QED) is 0.406. The molecule has 178 valence electrons. The molecule has 0 spiro atoms. The van der Waals surface area contributed by atoms with Gasteiger partial charge in [-0.15, -0.1) is 0 Å². The molecule has 0 radical (unpaired) electrons. The lowest BCUT2D eigenvalue weighted by Crippen LogP contribution is -2.42. The van der Waals surface area contributed by atoms with Crippen LogP contribution in [0.25, 0.3) is 0 Å². The predicted octanol–water partition coefficient (Wildman–Crippen LogP) is 7.35. The van der Waals surface area contributed by atoms with Crippen molar-refractivity contribution in [3.8, 4) is 0 Å². The second-order valence-electron chi connectivity index (χ2n) is 10.4. The van der Waals surface area contributed by atoms with E-state index in [1.165, 1.54) is 5.56 Å². The van der Waals surface area contributed by atoms with Gasteiger partial charge in [0.2, 0.25) is 5.91 Å². The van der Waals surface area contributed by atoms with Gasteiger partial charge in [-0.2, -0.15) is 0 Å². The van der Waals surface area contributed by atoms with Crippen molar-refractivity contribution in [1.82, 2.24) is 0 Å². The fourth-order valence-electron chi connectivity index (χ4n) is 5.63. The number of allylic oxidation sites excluding steroid dienone is 2. The van der Waals surface area contributed by atoms with E-state index in [1.807, 2.05) is 36.9 Å². The third kappa shape index (κ3) is 4.36. The number of benzene rings is 3. The maximum absolute atomic E-state index is 13.8. The van der Waals surface area contributed by atoms with Crippen LogP contribution in [0.3, 0.4) is 0 Å². The molecule has 0 bridgehead atoms. The molecule has 3 aromatic carbocycles. The van der Waals surface area contributed by atoms with Crippen molar-refractivity contribution < 1.29 is 9.59 Å². The monoisotopic (exact) mass is 463 g/mol. The molecule has 1 aliphatic heterocycles. The highest BCUT2D eigenvalue weighted by Crippen LogP contribution is 2.47. The second kappa shape index (κ2) is 9.30. The summed E-state index contributed by atoms with van der Waals surface area (Å²) in [6.07, 6.45) is 1.48. The molecule has 0 N–H and O–H groups in total. The third-order valence-corrected chi connectivity index (χ3v) is 7.61. The number of hydrogen-bond donors (Lipinski definition) is 0. The highest BCUT2D eigenvalue weighted by molar-refractivity contribution is 6.08. The molecule has 0 saturated carbocycles. The average molecular weight is 464 g/mol.